The predicted octanol–water partition coefficient (Wildman–Crippen LogP) is 0.454. The molecule has 0 spiro atoms. The van der Waals surface area contributed by atoms with Crippen LogP contribution in [0.1, 0.15) is 25.7 Å². The number of hydrogen-bond donors (Lipinski definition) is 2. The molecule has 1 aliphatic carbocycles. The van der Waals surface area contributed by atoms with E-state index < -0.39 is 0 Å². The molecular formula is C10H19ClN2O2. The van der Waals surface area contributed by atoms with Crippen LogP contribution in [-0.2, 0) is 9.53 Å². The molecule has 88 valence electrons. The SMILES string of the molecule is COC1CCCC1NC(=O)[C@H]1CCN1.Cl. The van der Waals surface area contributed by atoms with Crippen molar-refractivity contribution < 1.29 is 9.53 Å². The molecule has 2 aliphatic rings. The van der Waals surface area contributed by atoms with Crippen LogP contribution in [-0.4, -0.2) is 37.7 Å². The molecule has 1 heterocycles. The Labute approximate surface area is 96.5 Å². The van der Waals surface area contributed by atoms with Crippen LogP contribution in [0, 0.1) is 0 Å². The number of carbonyl (C=O) groups excluding carboxylic acids is 1. The third-order valence-electron chi connectivity index (χ3n) is 3.22. The lowest BCUT2D eigenvalue weighted by Crippen LogP contribution is -2.56. The van der Waals surface area contributed by atoms with Gasteiger partial charge < -0.3 is 15.4 Å². The molecule has 15 heavy (non-hydrogen) atoms. The summed E-state index contributed by atoms with van der Waals surface area (Å²) < 4.78 is 5.32. The number of amides is 1. The first-order valence-corrected chi connectivity index (χ1v) is 5.38. The molecule has 1 aliphatic heterocycles. The fraction of sp³-hybridized carbons (Fsp3) is 0.900. The number of rotatable bonds is 3. The largest absolute Gasteiger partial charge is 0.379 e. The van der Waals surface area contributed by atoms with Gasteiger partial charge in [-0.05, 0) is 32.2 Å². The molecular weight excluding hydrogens is 216 g/mol. The Morgan fingerprint density at radius 2 is 2.13 bits per heavy atom. The number of carbonyl (C=O) groups is 1. The maximum absolute atomic E-state index is 11.6. The maximum atomic E-state index is 11.6. The van der Waals surface area contributed by atoms with Crippen LogP contribution in [0.15, 0.2) is 0 Å². The number of nitrogens with one attached hydrogen (secondary N) is 2. The molecule has 1 amide bonds. The van der Waals surface area contributed by atoms with Crippen LogP contribution in [0.3, 0.4) is 0 Å². The van der Waals surface area contributed by atoms with Crippen LogP contribution in [0.2, 0.25) is 0 Å². The number of hydrogen-bond acceptors (Lipinski definition) is 3. The summed E-state index contributed by atoms with van der Waals surface area (Å²) in [5.74, 6) is 0.144. The second kappa shape index (κ2) is 5.68. The molecule has 0 aromatic carbocycles. The van der Waals surface area contributed by atoms with Crippen molar-refractivity contribution in [2.24, 2.45) is 0 Å². The van der Waals surface area contributed by atoms with Crippen LogP contribution >= 0.6 is 12.4 Å². The Morgan fingerprint density at radius 3 is 2.67 bits per heavy atom. The van der Waals surface area contributed by atoms with Crippen molar-refractivity contribution >= 4 is 18.3 Å². The second-order valence-electron chi connectivity index (χ2n) is 4.12. The Hall–Kier alpha value is -0.320. The van der Waals surface area contributed by atoms with Crippen molar-refractivity contribution in [2.75, 3.05) is 13.7 Å². The van der Waals surface area contributed by atoms with Crippen molar-refractivity contribution in [1.82, 2.24) is 10.6 Å². The highest BCUT2D eigenvalue weighted by molar-refractivity contribution is 5.85. The first-order valence-electron chi connectivity index (χ1n) is 5.38. The standard InChI is InChI=1S/C10H18N2O2.ClH/c1-14-9-4-2-3-7(9)12-10(13)8-5-6-11-8;/h7-9,11H,2-6H2,1H3,(H,12,13);1H/t7?,8-,9?;/m1./s1. The molecule has 2 fully saturated rings. The van der Waals surface area contributed by atoms with E-state index in [0.717, 1.165) is 32.2 Å². The average Bonchev–Trinajstić information content (AvgIpc) is 2.48. The number of methoxy groups -OCH3 is 1. The van der Waals surface area contributed by atoms with E-state index in [1.807, 2.05) is 0 Å². The Morgan fingerprint density at radius 1 is 1.40 bits per heavy atom. The predicted molar refractivity (Wildman–Crippen MR) is 60.2 cm³/mol. The van der Waals surface area contributed by atoms with Gasteiger partial charge in [-0.3, -0.25) is 4.79 Å². The number of halogens is 1. The van der Waals surface area contributed by atoms with Gasteiger partial charge in [0.1, 0.15) is 0 Å². The van der Waals surface area contributed by atoms with Gasteiger partial charge in [-0.2, -0.15) is 0 Å². The van der Waals surface area contributed by atoms with Gasteiger partial charge in [0.05, 0.1) is 18.2 Å². The van der Waals surface area contributed by atoms with Crippen molar-refractivity contribution in [3.63, 3.8) is 0 Å². The summed E-state index contributed by atoms with van der Waals surface area (Å²) in [4.78, 5) is 11.6. The van der Waals surface area contributed by atoms with E-state index in [0.29, 0.717) is 0 Å². The number of ether oxygens (including phenoxy) is 1. The van der Waals surface area contributed by atoms with E-state index in [2.05, 4.69) is 10.6 Å². The lowest BCUT2D eigenvalue weighted by molar-refractivity contribution is -0.126. The maximum Gasteiger partial charge on any atom is 0.237 e. The minimum absolute atomic E-state index is 0. The molecule has 0 radical (unpaired) electrons. The summed E-state index contributed by atoms with van der Waals surface area (Å²) in [6.45, 7) is 0.969. The monoisotopic (exact) mass is 234 g/mol. The van der Waals surface area contributed by atoms with Gasteiger partial charge in [-0.25, -0.2) is 0 Å². The van der Waals surface area contributed by atoms with Crippen molar-refractivity contribution in [3.8, 4) is 0 Å². The van der Waals surface area contributed by atoms with Gasteiger partial charge in [0, 0.05) is 7.11 Å². The van der Waals surface area contributed by atoms with Gasteiger partial charge in [0.2, 0.25) is 5.91 Å². The van der Waals surface area contributed by atoms with Crippen LogP contribution in [0.25, 0.3) is 0 Å². The minimum Gasteiger partial charge on any atom is -0.379 e. The zero-order valence-corrected chi connectivity index (χ0v) is 9.81. The summed E-state index contributed by atoms with van der Waals surface area (Å²) in [6, 6.07) is 0.281. The normalized spacial score (nSPS) is 34.1. The zero-order valence-electron chi connectivity index (χ0n) is 8.99. The van der Waals surface area contributed by atoms with Gasteiger partial charge in [-0.1, -0.05) is 0 Å². The zero-order chi connectivity index (χ0) is 9.97. The summed E-state index contributed by atoms with van der Waals surface area (Å²) in [7, 11) is 1.72. The highest BCUT2D eigenvalue weighted by Gasteiger charge is 2.32. The molecule has 0 bridgehead atoms. The molecule has 1 saturated heterocycles. The quantitative estimate of drug-likeness (QED) is 0.746. The van der Waals surface area contributed by atoms with Crippen LogP contribution in [0.5, 0.6) is 0 Å². The second-order valence-corrected chi connectivity index (χ2v) is 4.12. The van der Waals surface area contributed by atoms with Crippen molar-refractivity contribution in [2.45, 2.75) is 43.9 Å². The van der Waals surface area contributed by atoms with Gasteiger partial charge >= 0.3 is 0 Å². The fourth-order valence-corrected chi connectivity index (χ4v) is 2.17. The first-order chi connectivity index (χ1) is 6.81. The van der Waals surface area contributed by atoms with Crippen molar-refractivity contribution in [1.29, 1.82) is 0 Å². The molecule has 2 N–H and O–H groups in total. The molecule has 2 rings (SSSR count). The summed E-state index contributed by atoms with van der Waals surface area (Å²) in [5.41, 5.74) is 0. The van der Waals surface area contributed by atoms with E-state index in [-0.39, 0.29) is 36.5 Å². The fourth-order valence-electron chi connectivity index (χ4n) is 2.17. The Balaban J connectivity index is 0.00000112. The van der Waals surface area contributed by atoms with E-state index in [9.17, 15) is 4.79 Å². The molecule has 4 nitrogen and oxygen atoms in total. The summed E-state index contributed by atoms with van der Waals surface area (Å²) >= 11 is 0. The van der Waals surface area contributed by atoms with Gasteiger partial charge in [-0.15, -0.1) is 12.4 Å². The van der Waals surface area contributed by atoms with Crippen molar-refractivity contribution in [3.05, 3.63) is 0 Å². The van der Waals surface area contributed by atoms with E-state index in [1.54, 1.807) is 7.11 Å². The van der Waals surface area contributed by atoms with Crippen LogP contribution < -0.4 is 10.6 Å². The first kappa shape index (κ1) is 12.7. The smallest absolute Gasteiger partial charge is 0.237 e. The summed E-state index contributed by atoms with van der Waals surface area (Å²) in [6.07, 6.45) is 4.47. The van der Waals surface area contributed by atoms with Crippen LogP contribution in [0.4, 0.5) is 0 Å². The average molecular weight is 235 g/mol. The highest BCUT2D eigenvalue weighted by atomic mass is 35.5. The lowest BCUT2D eigenvalue weighted by Gasteiger charge is -2.29. The molecule has 3 atom stereocenters. The molecule has 2 unspecified atom stereocenters. The third kappa shape index (κ3) is 2.83. The Kier molecular flexibility index (Phi) is 4.83. The third-order valence-corrected chi connectivity index (χ3v) is 3.22. The topological polar surface area (TPSA) is 50.4 Å². The van der Waals surface area contributed by atoms with Gasteiger partial charge in [0.15, 0.2) is 0 Å². The lowest BCUT2D eigenvalue weighted by atomic mass is 10.1. The molecule has 0 aromatic heterocycles. The van der Waals surface area contributed by atoms with E-state index in [1.165, 1.54) is 0 Å². The van der Waals surface area contributed by atoms with Gasteiger partial charge in [0.25, 0.3) is 0 Å². The minimum atomic E-state index is 0. The highest BCUT2D eigenvalue weighted by Crippen LogP contribution is 2.21. The molecule has 5 heteroatoms. The Bertz CT molecular complexity index is 221. The van der Waals surface area contributed by atoms with E-state index >= 15 is 0 Å². The van der Waals surface area contributed by atoms with E-state index in [4.69, 9.17) is 4.74 Å². The summed E-state index contributed by atoms with van der Waals surface area (Å²) in [5, 5.41) is 6.15. The molecule has 1 saturated carbocycles. The molecule has 0 aromatic rings.